The summed E-state index contributed by atoms with van der Waals surface area (Å²) >= 11 is 6.58. The third kappa shape index (κ3) is 5.69. The molecule has 0 spiro atoms. The van der Waals surface area contributed by atoms with Gasteiger partial charge in [-0.05, 0) is 55.5 Å². The van der Waals surface area contributed by atoms with E-state index in [2.05, 4.69) is 16.0 Å². The van der Waals surface area contributed by atoms with Crippen LogP contribution in [0.3, 0.4) is 0 Å². The van der Waals surface area contributed by atoms with E-state index in [9.17, 15) is 19.9 Å². The summed E-state index contributed by atoms with van der Waals surface area (Å²) in [4.78, 5) is 32.2. The molecule has 3 aromatic carbocycles. The quantitative estimate of drug-likeness (QED) is 0.217. The molecule has 2 heterocycles. The Hall–Kier alpha value is -4.74. The number of piperazine rings is 1. The number of aryl methyl sites for hydroxylation is 1. The molecule has 1 aliphatic rings. The van der Waals surface area contributed by atoms with Crippen LogP contribution in [0.25, 0.3) is 11.3 Å². The molecule has 0 atom stereocenters. The molecule has 4 N–H and O–H groups in total. The maximum Gasteiger partial charge on any atom is 0.259 e. The van der Waals surface area contributed by atoms with Gasteiger partial charge in [0, 0.05) is 57.1 Å². The second kappa shape index (κ2) is 12.0. The number of nitrogens with one attached hydrogen (secondary N) is 2. The number of amides is 2. The Balaban J connectivity index is 1.32. The van der Waals surface area contributed by atoms with Gasteiger partial charge in [0.1, 0.15) is 22.8 Å². The maximum atomic E-state index is 13.6. The average Bonchev–Trinajstić information content (AvgIpc) is 3.38. The summed E-state index contributed by atoms with van der Waals surface area (Å²) in [6.07, 6.45) is 0. The van der Waals surface area contributed by atoms with Crippen molar-refractivity contribution in [3.8, 4) is 17.0 Å². The second-order valence-electron chi connectivity index (χ2n) is 10.1. The summed E-state index contributed by atoms with van der Waals surface area (Å²) in [6, 6.07) is 17.1. The van der Waals surface area contributed by atoms with Crippen LogP contribution in [-0.4, -0.2) is 72.5 Å². The number of aromatic nitrogens is 1. The number of carbonyl (C=O) groups excluding carboxylic acids is 2. The molecule has 1 fully saturated rings. The van der Waals surface area contributed by atoms with Crippen LogP contribution in [0.5, 0.6) is 5.75 Å². The number of hydrogen-bond acceptors (Lipinski definition) is 9. The van der Waals surface area contributed by atoms with Gasteiger partial charge in [0.2, 0.25) is 0 Å². The molecule has 0 radical (unpaired) electrons. The minimum absolute atomic E-state index is 0.00796. The number of phenols is 1. The highest BCUT2D eigenvalue weighted by Gasteiger charge is 2.30. The van der Waals surface area contributed by atoms with Gasteiger partial charge in [0.05, 0.1) is 22.1 Å². The van der Waals surface area contributed by atoms with Crippen molar-refractivity contribution in [2.45, 2.75) is 6.92 Å². The minimum atomic E-state index is -0.343. The number of anilines is 4. The lowest BCUT2D eigenvalue weighted by molar-refractivity contribution is 0.0745. The Bertz CT molecular complexity index is 1610. The third-order valence-corrected chi connectivity index (χ3v) is 7.55. The molecule has 11 nitrogen and oxygen atoms in total. The number of para-hydroxylation sites is 1. The number of phenolic OH excluding ortho intramolecular Hbond substituents is 1. The van der Waals surface area contributed by atoms with E-state index >= 15 is 0 Å². The van der Waals surface area contributed by atoms with Gasteiger partial charge >= 0.3 is 0 Å². The Kier molecular flexibility index (Phi) is 8.23. The van der Waals surface area contributed by atoms with Crippen LogP contribution in [0.15, 0.2) is 65.2 Å². The largest absolute Gasteiger partial charge is 0.507 e. The molecule has 218 valence electrons. The molecule has 1 saturated heterocycles. The standard InChI is InChI=1S/C30H31ClN6O5/c1-18-27(28(34-42-18)21-6-4-5-7-26(21)38)30(40)37-14-12-36(13-15-37)25-17-23(24(33-41)16-22(25)31)32-29(39)19-8-10-20(11-9-19)35(2)3/h4-11,16-17,33,38,41H,12-15H2,1-3H3,(H,32,39). The monoisotopic (exact) mass is 590 g/mol. The number of nitrogens with zero attached hydrogens (tertiary/aromatic N) is 4. The SMILES string of the molecule is Cc1onc(-c2ccccc2O)c1C(=O)N1CCN(c2cc(NC(=O)c3ccc(N(C)C)cc3)c(NO)cc2Cl)CC1. The topological polar surface area (TPSA) is 134 Å². The molecule has 0 saturated carbocycles. The molecule has 0 bridgehead atoms. The van der Waals surface area contributed by atoms with Gasteiger partial charge in [-0.15, -0.1) is 0 Å². The fraction of sp³-hybridized carbons (Fsp3) is 0.233. The highest BCUT2D eigenvalue weighted by atomic mass is 35.5. The zero-order valence-electron chi connectivity index (χ0n) is 23.4. The van der Waals surface area contributed by atoms with Crippen molar-refractivity contribution in [3.63, 3.8) is 0 Å². The zero-order chi connectivity index (χ0) is 30.0. The van der Waals surface area contributed by atoms with Crippen LogP contribution >= 0.6 is 11.6 Å². The van der Waals surface area contributed by atoms with Crippen LogP contribution in [0.1, 0.15) is 26.5 Å². The van der Waals surface area contributed by atoms with E-state index in [4.69, 9.17) is 16.1 Å². The minimum Gasteiger partial charge on any atom is -0.507 e. The van der Waals surface area contributed by atoms with Gasteiger partial charge in [0.15, 0.2) is 0 Å². The van der Waals surface area contributed by atoms with Crippen molar-refractivity contribution < 1.29 is 24.4 Å². The first-order valence-electron chi connectivity index (χ1n) is 13.3. The van der Waals surface area contributed by atoms with E-state index in [0.29, 0.717) is 70.7 Å². The van der Waals surface area contributed by atoms with Crippen LogP contribution in [0, 0.1) is 6.92 Å². The molecule has 5 rings (SSSR count). The average molecular weight is 591 g/mol. The van der Waals surface area contributed by atoms with Crippen LogP contribution < -0.4 is 20.6 Å². The van der Waals surface area contributed by atoms with Gasteiger partial charge in [-0.1, -0.05) is 28.9 Å². The first-order valence-corrected chi connectivity index (χ1v) is 13.7. The second-order valence-corrected chi connectivity index (χ2v) is 10.5. The van der Waals surface area contributed by atoms with Gasteiger partial charge in [-0.3, -0.25) is 20.3 Å². The van der Waals surface area contributed by atoms with E-state index in [-0.39, 0.29) is 23.3 Å². The maximum absolute atomic E-state index is 13.6. The number of rotatable bonds is 7. The zero-order valence-corrected chi connectivity index (χ0v) is 24.1. The number of halogens is 1. The molecule has 12 heteroatoms. The fourth-order valence-electron chi connectivity index (χ4n) is 4.90. The van der Waals surface area contributed by atoms with E-state index in [0.717, 1.165) is 5.69 Å². The van der Waals surface area contributed by atoms with Crippen LogP contribution in [0.2, 0.25) is 5.02 Å². The first kappa shape index (κ1) is 28.8. The predicted molar refractivity (Wildman–Crippen MR) is 162 cm³/mol. The van der Waals surface area contributed by atoms with E-state index in [1.165, 1.54) is 12.1 Å². The number of carbonyl (C=O) groups is 2. The predicted octanol–water partition coefficient (Wildman–Crippen LogP) is 5.09. The highest BCUT2D eigenvalue weighted by Crippen LogP contribution is 2.37. The molecule has 42 heavy (non-hydrogen) atoms. The summed E-state index contributed by atoms with van der Waals surface area (Å²) in [6.45, 7) is 3.38. The number of aromatic hydroxyl groups is 1. The number of benzene rings is 3. The Labute approximate surface area is 247 Å². The van der Waals surface area contributed by atoms with Crippen LogP contribution in [0.4, 0.5) is 22.7 Å². The summed E-state index contributed by atoms with van der Waals surface area (Å²) < 4.78 is 5.34. The number of hydrogen-bond donors (Lipinski definition) is 4. The molecule has 0 unspecified atom stereocenters. The molecule has 1 aliphatic heterocycles. The Morgan fingerprint density at radius 3 is 2.33 bits per heavy atom. The Morgan fingerprint density at radius 2 is 1.69 bits per heavy atom. The van der Waals surface area contributed by atoms with Gasteiger partial charge in [-0.25, -0.2) is 0 Å². The fourth-order valence-corrected chi connectivity index (χ4v) is 5.18. The third-order valence-electron chi connectivity index (χ3n) is 7.24. The van der Waals surface area contributed by atoms with E-state index in [1.54, 1.807) is 48.2 Å². The van der Waals surface area contributed by atoms with Crippen molar-refractivity contribution >= 4 is 46.2 Å². The molecular weight excluding hydrogens is 560 g/mol. The van der Waals surface area contributed by atoms with Crippen molar-refractivity contribution in [1.29, 1.82) is 0 Å². The summed E-state index contributed by atoms with van der Waals surface area (Å²) in [7, 11) is 3.84. The Morgan fingerprint density at radius 1 is 1.00 bits per heavy atom. The van der Waals surface area contributed by atoms with Crippen LogP contribution in [-0.2, 0) is 0 Å². The summed E-state index contributed by atoms with van der Waals surface area (Å²) in [5.74, 6) is -0.211. The van der Waals surface area contributed by atoms with Gasteiger partial charge < -0.3 is 29.6 Å². The van der Waals surface area contributed by atoms with Crippen molar-refractivity contribution in [2.24, 2.45) is 0 Å². The van der Waals surface area contributed by atoms with Crippen molar-refractivity contribution in [1.82, 2.24) is 10.1 Å². The first-order chi connectivity index (χ1) is 20.2. The van der Waals surface area contributed by atoms with Gasteiger partial charge in [0.25, 0.3) is 11.8 Å². The lowest BCUT2D eigenvalue weighted by Crippen LogP contribution is -2.49. The molecule has 2 amide bonds. The molecular formula is C30H31ClN6O5. The lowest BCUT2D eigenvalue weighted by Gasteiger charge is -2.36. The van der Waals surface area contributed by atoms with E-state index < -0.39 is 0 Å². The summed E-state index contributed by atoms with van der Waals surface area (Å²) in [5.41, 5.74) is 5.80. The summed E-state index contributed by atoms with van der Waals surface area (Å²) in [5, 5.41) is 27.3. The van der Waals surface area contributed by atoms with Crippen molar-refractivity contribution in [2.75, 3.05) is 60.9 Å². The normalized spacial score (nSPS) is 13.2. The van der Waals surface area contributed by atoms with Gasteiger partial charge in [-0.2, -0.15) is 0 Å². The highest BCUT2D eigenvalue weighted by molar-refractivity contribution is 6.34. The van der Waals surface area contributed by atoms with Crippen molar-refractivity contribution in [3.05, 3.63) is 82.6 Å². The lowest BCUT2D eigenvalue weighted by atomic mass is 10.0. The molecule has 0 aliphatic carbocycles. The molecule has 4 aromatic rings. The molecule has 1 aromatic heterocycles. The van der Waals surface area contributed by atoms with E-state index in [1.807, 2.05) is 36.0 Å². The smallest absolute Gasteiger partial charge is 0.259 e.